The predicted octanol–water partition coefficient (Wildman–Crippen LogP) is 4.08. The van der Waals surface area contributed by atoms with E-state index in [1.54, 1.807) is 12.3 Å². The van der Waals surface area contributed by atoms with Gasteiger partial charge in [-0.1, -0.05) is 19.9 Å². The van der Waals surface area contributed by atoms with Gasteiger partial charge in [-0.05, 0) is 42.5 Å². The Bertz CT molecular complexity index is 697. The van der Waals surface area contributed by atoms with Crippen molar-refractivity contribution < 1.29 is 9.18 Å². The van der Waals surface area contributed by atoms with Crippen LogP contribution in [0.5, 0.6) is 0 Å². The highest BCUT2D eigenvalue weighted by Crippen LogP contribution is 2.36. The Morgan fingerprint density at radius 1 is 1.20 bits per heavy atom. The number of carbonyl (C=O) groups is 1. The third kappa shape index (κ3) is 2.07. The summed E-state index contributed by atoms with van der Waals surface area (Å²) < 4.78 is 16.0. The average Bonchev–Trinajstić information content (AvgIpc) is 2.71. The fourth-order valence-corrected chi connectivity index (χ4v) is 2.98. The van der Waals surface area contributed by atoms with Crippen LogP contribution in [0.15, 0.2) is 30.5 Å². The largest absolute Gasteiger partial charge is 0.317 e. The Hall–Kier alpha value is -1.90. The highest BCUT2D eigenvalue weighted by atomic mass is 19.1. The van der Waals surface area contributed by atoms with Crippen LogP contribution in [0.25, 0.3) is 5.69 Å². The first-order valence-corrected chi connectivity index (χ1v) is 6.87. The number of hydrogen-bond acceptors (Lipinski definition) is 1. The molecule has 0 unspecified atom stereocenters. The molecular formula is C17H18FNO. The van der Waals surface area contributed by atoms with Gasteiger partial charge in [0, 0.05) is 23.9 Å². The maximum absolute atomic E-state index is 14.2. The second-order valence-corrected chi connectivity index (χ2v) is 6.44. The molecule has 0 N–H and O–H groups in total. The van der Waals surface area contributed by atoms with Gasteiger partial charge < -0.3 is 4.57 Å². The highest BCUT2D eigenvalue weighted by Gasteiger charge is 2.33. The van der Waals surface area contributed by atoms with Crippen molar-refractivity contribution in [1.29, 1.82) is 0 Å². The van der Waals surface area contributed by atoms with E-state index in [4.69, 9.17) is 0 Å². The lowest BCUT2D eigenvalue weighted by Gasteiger charge is -2.29. The van der Waals surface area contributed by atoms with Crippen molar-refractivity contribution in [1.82, 2.24) is 4.57 Å². The zero-order valence-corrected chi connectivity index (χ0v) is 12.0. The van der Waals surface area contributed by atoms with E-state index in [0.29, 0.717) is 12.1 Å². The molecule has 0 amide bonds. The van der Waals surface area contributed by atoms with E-state index < -0.39 is 0 Å². The average molecular weight is 271 g/mol. The molecule has 0 spiro atoms. The van der Waals surface area contributed by atoms with E-state index >= 15 is 0 Å². The van der Waals surface area contributed by atoms with E-state index in [9.17, 15) is 9.18 Å². The number of hydrogen-bond donors (Lipinski definition) is 0. The third-order valence-corrected chi connectivity index (χ3v) is 3.94. The molecule has 0 radical (unpaired) electrons. The monoisotopic (exact) mass is 271 g/mol. The molecule has 1 heterocycles. The molecule has 0 aliphatic heterocycles. The van der Waals surface area contributed by atoms with Gasteiger partial charge in [-0.3, -0.25) is 4.79 Å². The molecule has 1 aliphatic carbocycles. The molecule has 1 aromatic carbocycles. The molecule has 104 valence electrons. The Kier molecular flexibility index (Phi) is 2.82. The van der Waals surface area contributed by atoms with Gasteiger partial charge in [0.2, 0.25) is 0 Å². The fourth-order valence-electron chi connectivity index (χ4n) is 2.98. The molecular weight excluding hydrogens is 253 g/mol. The number of benzene rings is 1. The number of halogens is 1. The summed E-state index contributed by atoms with van der Waals surface area (Å²) in [6.45, 7) is 6.03. The van der Waals surface area contributed by atoms with Crippen LogP contribution >= 0.6 is 0 Å². The van der Waals surface area contributed by atoms with Crippen LogP contribution in [-0.2, 0) is 6.42 Å². The smallest absolute Gasteiger partial charge is 0.165 e. The quantitative estimate of drug-likeness (QED) is 0.766. The van der Waals surface area contributed by atoms with Crippen LogP contribution in [-0.4, -0.2) is 10.4 Å². The van der Waals surface area contributed by atoms with E-state index in [1.165, 1.54) is 6.07 Å². The van der Waals surface area contributed by atoms with Gasteiger partial charge in [-0.15, -0.1) is 0 Å². The van der Waals surface area contributed by atoms with Crippen LogP contribution in [0, 0.1) is 18.2 Å². The Morgan fingerprint density at radius 3 is 2.65 bits per heavy atom. The lowest BCUT2D eigenvalue weighted by molar-refractivity contribution is 0.0911. The predicted molar refractivity (Wildman–Crippen MR) is 76.9 cm³/mol. The van der Waals surface area contributed by atoms with Crippen molar-refractivity contribution in [3.63, 3.8) is 0 Å². The van der Waals surface area contributed by atoms with Gasteiger partial charge in [-0.25, -0.2) is 4.39 Å². The molecule has 3 rings (SSSR count). The second kappa shape index (κ2) is 4.30. The van der Waals surface area contributed by atoms with E-state index in [2.05, 4.69) is 13.8 Å². The van der Waals surface area contributed by atoms with Crippen LogP contribution in [0.3, 0.4) is 0 Å². The zero-order chi connectivity index (χ0) is 14.5. The summed E-state index contributed by atoms with van der Waals surface area (Å²) >= 11 is 0. The van der Waals surface area contributed by atoms with Crippen molar-refractivity contribution in [3.8, 4) is 5.69 Å². The summed E-state index contributed by atoms with van der Waals surface area (Å²) in [5.41, 5.74) is 3.01. The summed E-state index contributed by atoms with van der Waals surface area (Å²) in [6, 6.07) is 7.00. The number of nitrogens with zero attached hydrogens (tertiary/aromatic N) is 1. The Morgan fingerprint density at radius 2 is 1.95 bits per heavy atom. The number of aryl methyl sites for hydroxylation is 1. The first kappa shape index (κ1) is 13.1. The molecule has 1 aliphatic rings. The molecule has 0 bridgehead atoms. The molecule has 2 aromatic rings. The van der Waals surface area contributed by atoms with Gasteiger partial charge in [0.05, 0.1) is 5.69 Å². The Balaban J connectivity index is 2.16. The molecule has 1 aromatic heterocycles. The minimum Gasteiger partial charge on any atom is -0.317 e. The number of fused-ring (bicyclic) bond motifs is 1. The molecule has 3 heteroatoms. The van der Waals surface area contributed by atoms with Crippen molar-refractivity contribution in [2.24, 2.45) is 5.41 Å². The molecule has 20 heavy (non-hydrogen) atoms. The summed E-state index contributed by atoms with van der Waals surface area (Å²) in [6.07, 6.45) is 3.15. The Labute approximate surface area is 118 Å². The van der Waals surface area contributed by atoms with Gasteiger partial charge in [-0.2, -0.15) is 0 Å². The van der Waals surface area contributed by atoms with Crippen molar-refractivity contribution in [3.05, 3.63) is 53.1 Å². The summed E-state index contributed by atoms with van der Waals surface area (Å²) in [4.78, 5) is 12.2. The maximum atomic E-state index is 14.2. The second-order valence-electron chi connectivity index (χ2n) is 6.44. The van der Waals surface area contributed by atoms with E-state index in [0.717, 1.165) is 23.2 Å². The number of aromatic nitrogens is 1. The summed E-state index contributed by atoms with van der Waals surface area (Å²) in [5.74, 6) is -0.0956. The van der Waals surface area contributed by atoms with Crippen LogP contribution < -0.4 is 0 Å². The molecule has 0 fully saturated rings. The van der Waals surface area contributed by atoms with Crippen LogP contribution in [0.2, 0.25) is 0 Å². The minimum atomic E-state index is -0.251. The first-order valence-electron chi connectivity index (χ1n) is 6.87. The number of rotatable bonds is 1. The molecule has 2 nitrogen and oxygen atoms in total. The van der Waals surface area contributed by atoms with Gasteiger partial charge >= 0.3 is 0 Å². The van der Waals surface area contributed by atoms with Crippen LogP contribution in [0.4, 0.5) is 4.39 Å². The topological polar surface area (TPSA) is 22.0 Å². The standard InChI is InChI=1S/C17H18FNO/c1-11-4-5-14(13(18)8-11)19-7-6-12-15(19)9-17(2,3)10-16(12)20/h4-8H,9-10H2,1-3H3. The SMILES string of the molecule is Cc1ccc(-n2ccc3c2CC(C)(C)CC3=O)c(F)c1. The lowest BCUT2D eigenvalue weighted by atomic mass is 9.76. The normalized spacial score (nSPS) is 17.1. The number of Topliss-reactive ketones (excluding diaryl/α,β-unsaturated/α-hetero) is 1. The van der Waals surface area contributed by atoms with Crippen molar-refractivity contribution in [2.45, 2.75) is 33.6 Å². The number of ketones is 1. The van der Waals surface area contributed by atoms with Crippen molar-refractivity contribution in [2.75, 3.05) is 0 Å². The molecule has 0 saturated heterocycles. The van der Waals surface area contributed by atoms with Gasteiger partial charge in [0.15, 0.2) is 5.78 Å². The molecule has 0 atom stereocenters. The number of carbonyl (C=O) groups excluding carboxylic acids is 1. The summed E-state index contributed by atoms with van der Waals surface area (Å²) in [5, 5.41) is 0. The first-order chi connectivity index (χ1) is 9.37. The van der Waals surface area contributed by atoms with Gasteiger partial charge in [0.25, 0.3) is 0 Å². The lowest BCUT2D eigenvalue weighted by Crippen LogP contribution is -2.27. The van der Waals surface area contributed by atoms with E-state index in [1.807, 2.05) is 23.6 Å². The maximum Gasteiger partial charge on any atom is 0.165 e. The highest BCUT2D eigenvalue weighted by molar-refractivity contribution is 5.99. The van der Waals surface area contributed by atoms with E-state index in [-0.39, 0.29) is 17.0 Å². The third-order valence-electron chi connectivity index (χ3n) is 3.94. The van der Waals surface area contributed by atoms with Crippen LogP contribution in [0.1, 0.15) is 41.9 Å². The van der Waals surface area contributed by atoms with Crippen molar-refractivity contribution >= 4 is 5.78 Å². The minimum absolute atomic E-state index is 0.0681. The van der Waals surface area contributed by atoms with Gasteiger partial charge in [0.1, 0.15) is 5.82 Å². The zero-order valence-electron chi connectivity index (χ0n) is 12.0. The molecule has 0 saturated carbocycles. The fraction of sp³-hybridized carbons (Fsp3) is 0.353. The summed E-state index contributed by atoms with van der Waals surface area (Å²) in [7, 11) is 0.